The van der Waals surface area contributed by atoms with Crippen LogP contribution >= 0.6 is 0 Å². The smallest absolute Gasteiger partial charge is 0.144 e. The van der Waals surface area contributed by atoms with E-state index in [-0.39, 0.29) is 5.82 Å². The van der Waals surface area contributed by atoms with E-state index in [1.54, 1.807) is 6.07 Å². The van der Waals surface area contributed by atoms with Crippen LogP contribution in [0.3, 0.4) is 0 Å². The van der Waals surface area contributed by atoms with Crippen LogP contribution in [-0.4, -0.2) is 4.98 Å². The highest BCUT2D eigenvalue weighted by molar-refractivity contribution is 5.81. The molecule has 2 rings (SSSR count). The van der Waals surface area contributed by atoms with E-state index >= 15 is 0 Å². The number of hydrogen-bond acceptors (Lipinski definition) is 3. The fourth-order valence-corrected chi connectivity index (χ4v) is 1.71. The van der Waals surface area contributed by atoms with E-state index in [0.29, 0.717) is 17.3 Å². The number of aromatic nitrogens is 1. The number of nitrogens with zero attached hydrogens (tertiary/aromatic N) is 1. The topological polar surface area (TPSA) is 50.9 Å². The first-order chi connectivity index (χ1) is 7.61. The minimum atomic E-state index is -0.291. The Morgan fingerprint density at radius 2 is 2.06 bits per heavy atom. The lowest BCUT2D eigenvalue weighted by atomic mass is 10.0. The third kappa shape index (κ3) is 1.84. The number of hydrazine groups is 1. The van der Waals surface area contributed by atoms with Crippen molar-refractivity contribution in [2.24, 2.45) is 5.84 Å². The molecule has 0 amide bonds. The number of benzene rings is 1. The van der Waals surface area contributed by atoms with Crippen LogP contribution in [0.4, 0.5) is 10.2 Å². The number of fused-ring (bicyclic) bond motifs is 1. The number of halogens is 1. The third-order valence-corrected chi connectivity index (χ3v) is 2.57. The van der Waals surface area contributed by atoms with Crippen LogP contribution in [0.1, 0.15) is 25.3 Å². The Labute approximate surface area is 93.5 Å². The second-order valence-electron chi connectivity index (χ2n) is 4.06. The molecule has 2 aromatic rings. The molecule has 1 aromatic heterocycles. The van der Waals surface area contributed by atoms with Gasteiger partial charge in [0.1, 0.15) is 11.6 Å². The molecule has 0 saturated carbocycles. The largest absolute Gasteiger partial charge is 0.308 e. The number of rotatable bonds is 2. The summed E-state index contributed by atoms with van der Waals surface area (Å²) >= 11 is 0. The van der Waals surface area contributed by atoms with Crippen molar-refractivity contribution in [3.63, 3.8) is 0 Å². The van der Waals surface area contributed by atoms with Crippen LogP contribution < -0.4 is 11.3 Å². The number of anilines is 1. The average molecular weight is 219 g/mol. The molecule has 0 radical (unpaired) electrons. The van der Waals surface area contributed by atoms with Crippen LogP contribution in [0, 0.1) is 5.82 Å². The fourth-order valence-electron chi connectivity index (χ4n) is 1.71. The molecule has 0 aliphatic rings. The van der Waals surface area contributed by atoms with Crippen LogP contribution in [0.2, 0.25) is 0 Å². The SMILES string of the molecule is CC(C)c1cc2ccc(F)cc2nc1NN. The molecular formula is C12H14FN3. The maximum atomic E-state index is 13.0. The van der Waals surface area contributed by atoms with Gasteiger partial charge in [0.2, 0.25) is 0 Å². The molecule has 0 aliphatic carbocycles. The van der Waals surface area contributed by atoms with E-state index in [9.17, 15) is 4.39 Å². The van der Waals surface area contributed by atoms with Crippen molar-refractivity contribution in [1.82, 2.24) is 4.98 Å². The Morgan fingerprint density at radius 3 is 2.69 bits per heavy atom. The van der Waals surface area contributed by atoms with Crippen LogP contribution in [0.15, 0.2) is 24.3 Å². The highest BCUT2D eigenvalue weighted by atomic mass is 19.1. The summed E-state index contributed by atoms with van der Waals surface area (Å²) in [5.74, 6) is 6.04. The van der Waals surface area contributed by atoms with E-state index in [0.717, 1.165) is 10.9 Å². The monoisotopic (exact) mass is 219 g/mol. The molecule has 84 valence electrons. The van der Waals surface area contributed by atoms with E-state index in [4.69, 9.17) is 5.84 Å². The lowest BCUT2D eigenvalue weighted by Crippen LogP contribution is -2.12. The maximum absolute atomic E-state index is 13.0. The van der Waals surface area contributed by atoms with Gasteiger partial charge < -0.3 is 5.43 Å². The summed E-state index contributed by atoms with van der Waals surface area (Å²) in [4.78, 5) is 4.30. The average Bonchev–Trinajstić information content (AvgIpc) is 2.26. The quantitative estimate of drug-likeness (QED) is 0.603. The summed E-state index contributed by atoms with van der Waals surface area (Å²) in [6, 6.07) is 6.55. The highest BCUT2D eigenvalue weighted by Crippen LogP contribution is 2.26. The minimum absolute atomic E-state index is 0.291. The molecule has 3 N–H and O–H groups in total. The van der Waals surface area contributed by atoms with Gasteiger partial charge in [0.05, 0.1) is 5.52 Å². The first-order valence-electron chi connectivity index (χ1n) is 5.18. The number of nitrogens with one attached hydrogen (secondary N) is 1. The van der Waals surface area contributed by atoms with Gasteiger partial charge >= 0.3 is 0 Å². The molecule has 1 heterocycles. The van der Waals surface area contributed by atoms with Gasteiger partial charge in [-0.3, -0.25) is 0 Å². The zero-order chi connectivity index (χ0) is 11.7. The maximum Gasteiger partial charge on any atom is 0.144 e. The summed E-state index contributed by atoms with van der Waals surface area (Å²) in [5.41, 5.74) is 4.19. The Balaban J connectivity index is 2.70. The molecule has 0 unspecified atom stereocenters. The van der Waals surface area contributed by atoms with Gasteiger partial charge in [-0.1, -0.05) is 13.8 Å². The van der Waals surface area contributed by atoms with Crippen LogP contribution in [0.5, 0.6) is 0 Å². The van der Waals surface area contributed by atoms with Crippen molar-refractivity contribution in [3.8, 4) is 0 Å². The van der Waals surface area contributed by atoms with Gasteiger partial charge in [-0.15, -0.1) is 0 Å². The molecule has 3 nitrogen and oxygen atoms in total. The second kappa shape index (κ2) is 4.06. The van der Waals surface area contributed by atoms with Crippen molar-refractivity contribution in [2.45, 2.75) is 19.8 Å². The molecule has 0 saturated heterocycles. The molecule has 0 atom stereocenters. The molecule has 16 heavy (non-hydrogen) atoms. The van der Waals surface area contributed by atoms with Crippen molar-refractivity contribution in [2.75, 3.05) is 5.43 Å². The molecule has 0 fully saturated rings. The van der Waals surface area contributed by atoms with Gasteiger partial charge in [-0.25, -0.2) is 15.2 Å². The van der Waals surface area contributed by atoms with E-state index < -0.39 is 0 Å². The molecular weight excluding hydrogens is 205 g/mol. The Morgan fingerprint density at radius 1 is 1.31 bits per heavy atom. The molecule has 4 heteroatoms. The Kier molecular flexibility index (Phi) is 2.75. The summed E-state index contributed by atoms with van der Waals surface area (Å²) in [7, 11) is 0. The van der Waals surface area contributed by atoms with Crippen molar-refractivity contribution in [1.29, 1.82) is 0 Å². The van der Waals surface area contributed by atoms with Crippen LogP contribution in [0.25, 0.3) is 10.9 Å². The predicted octanol–water partition coefficient (Wildman–Crippen LogP) is 2.78. The lowest BCUT2D eigenvalue weighted by Gasteiger charge is -2.12. The zero-order valence-electron chi connectivity index (χ0n) is 9.29. The van der Waals surface area contributed by atoms with Crippen molar-refractivity contribution < 1.29 is 4.39 Å². The predicted molar refractivity (Wildman–Crippen MR) is 63.6 cm³/mol. The molecule has 1 aromatic carbocycles. The van der Waals surface area contributed by atoms with Gasteiger partial charge in [0.15, 0.2) is 0 Å². The summed E-state index contributed by atoms with van der Waals surface area (Å²) in [5, 5.41) is 0.920. The Bertz CT molecular complexity index is 523. The standard InChI is InChI=1S/C12H14FN3/c1-7(2)10-5-8-3-4-9(13)6-11(8)15-12(10)16-14/h3-7H,14H2,1-2H3,(H,15,16). The van der Waals surface area contributed by atoms with Crippen molar-refractivity contribution >= 4 is 16.7 Å². The highest BCUT2D eigenvalue weighted by Gasteiger charge is 2.09. The van der Waals surface area contributed by atoms with Gasteiger partial charge in [0.25, 0.3) is 0 Å². The summed E-state index contributed by atoms with van der Waals surface area (Å²) in [6.45, 7) is 4.13. The normalized spacial score (nSPS) is 11.1. The third-order valence-electron chi connectivity index (χ3n) is 2.57. The first-order valence-corrected chi connectivity index (χ1v) is 5.18. The first kappa shape index (κ1) is 10.8. The fraction of sp³-hybridized carbons (Fsp3) is 0.250. The summed E-state index contributed by atoms with van der Waals surface area (Å²) in [6.07, 6.45) is 0. The van der Waals surface area contributed by atoms with E-state index in [1.165, 1.54) is 12.1 Å². The Hall–Kier alpha value is -1.68. The van der Waals surface area contributed by atoms with Gasteiger partial charge in [-0.05, 0) is 29.7 Å². The van der Waals surface area contributed by atoms with Gasteiger partial charge in [-0.2, -0.15) is 0 Å². The summed E-state index contributed by atoms with van der Waals surface area (Å²) < 4.78 is 13.0. The number of nitrogen functional groups attached to an aromatic ring is 1. The number of pyridine rings is 1. The second-order valence-corrected chi connectivity index (χ2v) is 4.06. The number of hydrogen-bond donors (Lipinski definition) is 2. The zero-order valence-corrected chi connectivity index (χ0v) is 9.29. The molecule has 0 bridgehead atoms. The lowest BCUT2D eigenvalue weighted by molar-refractivity contribution is 0.629. The number of nitrogens with two attached hydrogens (primary N) is 1. The van der Waals surface area contributed by atoms with E-state index in [1.807, 2.05) is 6.07 Å². The van der Waals surface area contributed by atoms with Crippen LogP contribution in [-0.2, 0) is 0 Å². The molecule has 0 spiro atoms. The van der Waals surface area contributed by atoms with Crippen molar-refractivity contribution in [3.05, 3.63) is 35.6 Å². The van der Waals surface area contributed by atoms with Gasteiger partial charge in [0, 0.05) is 11.5 Å². The minimum Gasteiger partial charge on any atom is -0.308 e. The van der Waals surface area contributed by atoms with E-state index in [2.05, 4.69) is 24.3 Å². The molecule has 0 aliphatic heterocycles.